The molecule has 1 atom stereocenters. The maximum Gasteiger partial charge on any atom is 0.253 e. The number of alkyl halides is 1. The number of piperidine rings is 1. The van der Waals surface area contributed by atoms with Crippen molar-refractivity contribution in [3.8, 4) is 0 Å². The molecule has 104 valence electrons. The van der Waals surface area contributed by atoms with Crippen LogP contribution >= 0.6 is 11.6 Å². The molecule has 2 aliphatic rings. The lowest BCUT2D eigenvalue weighted by atomic mass is 9.95. The lowest BCUT2D eigenvalue weighted by molar-refractivity contribution is -0.132. The number of hydrogen-bond acceptors (Lipinski definition) is 3. The van der Waals surface area contributed by atoms with Gasteiger partial charge in [-0.25, -0.2) is 5.84 Å². The minimum absolute atomic E-state index is 0.0180. The summed E-state index contributed by atoms with van der Waals surface area (Å²) >= 11 is 5.93. The normalized spacial score (nSPS) is 24.0. The Kier molecular flexibility index (Phi) is 4.61. The highest BCUT2D eigenvalue weighted by Crippen LogP contribution is 2.21. The van der Waals surface area contributed by atoms with Crippen LogP contribution in [0, 0.1) is 5.92 Å². The first-order valence-corrected chi connectivity index (χ1v) is 6.87. The van der Waals surface area contributed by atoms with Crippen LogP contribution in [-0.2, 0) is 9.59 Å². The zero-order valence-electron chi connectivity index (χ0n) is 10.6. The smallest absolute Gasteiger partial charge is 0.253 e. The highest BCUT2D eigenvalue weighted by molar-refractivity contribution is 6.22. The van der Waals surface area contributed by atoms with E-state index in [0.717, 1.165) is 0 Å². The van der Waals surface area contributed by atoms with Crippen molar-refractivity contribution < 1.29 is 9.59 Å². The van der Waals surface area contributed by atoms with Gasteiger partial charge in [-0.05, 0) is 19.3 Å². The molecule has 0 aromatic heterocycles. The zero-order chi connectivity index (χ0) is 13.8. The molecule has 1 unspecified atom stereocenters. The van der Waals surface area contributed by atoms with Crippen LogP contribution in [0.25, 0.3) is 0 Å². The van der Waals surface area contributed by atoms with Crippen molar-refractivity contribution in [2.45, 2.75) is 24.6 Å². The maximum absolute atomic E-state index is 12.2. The average molecular weight is 284 g/mol. The molecule has 1 heterocycles. The fourth-order valence-electron chi connectivity index (χ4n) is 2.40. The number of hydrogen-bond donors (Lipinski definition) is 2. The maximum atomic E-state index is 12.2. The van der Waals surface area contributed by atoms with Crippen molar-refractivity contribution in [3.05, 3.63) is 23.8 Å². The van der Waals surface area contributed by atoms with Gasteiger partial charge in [0.15, 0.2) is 0 Å². The molecule has 6 heteroatoms. The van der Waals surface area contributed by atoms with Crippen LogP contribution in [0.2, 0.25) is 0 Å². The minimum Gasteiger partial charge on any atom is -0.339 e. The molecule has 1 aliphatic carbocycles. The number of nitrogens with zero attached hydrogens (tertiary/aromatic N) is 1. The third-order valence-corrected chi connectivity index (χ3v) is 3.91. The van der Waals surface area contributed by atoms with E-state index in [4.69, 9.17) is 17.4 Å². The Morgan fingerprint density at radius 2 is 2.05 bits per heavy atom. The van der Waals surface area contributed by atoms with Gasteiger partial charge in [0.25, 0.3) is 5.91 Å². The fourth-order valence-corrected chi connectivity index (χ4v) is 2.56. The second-order valence-corrected chi connectivity index (χ2v) is 5.41. The molecule has 5 nitrogen and oxygen atoms in total. The molecule has 1 fully saturated rings. The highest BCUT2D eigenvalue weighted by atomic mass is 35.5. The predicted molar refractivity (Wildman–Crippen MR) is 73.1 cm³/mol. The average Bonchev–Trinajstić information content (AvgIpc) is 2.46. The summed E-state index contributed by atoms with van der Waals surface area (Å²) < 4.78 is 0. The summed E-state index contributed by atoms with van der Waals surface area (Å²) in [5.41, 5.74) is 2.86. The Labute approximate surface area is 117 Å². The number of rotatable bonds is 2. The SMILES string of the molecule is NNC(=O)C1CCN(C(=O)C2=CCC(Cl)C=C2)CC1. The van der Waals surface area contributed by atoms with Crippen LogP contribution in [0.4, 0.5) is 0 Å². The van der Waals surface area contributed by atoms with Gasteiger partial charge in [0.1, 0.15) is 0 Å². The van der Waals surface area contributed by atoms with Crippen molar-refractivity contribution in [1.82, 2.24) is 10.3 Å². The first-order chi connectivity index (χ1) is 9.11. The first kappa shape index (κ1) is 14.1. The van der Waals surface area contributed by atoms with E-state index in [1.165, 1.54) is 0 Å². The Hall–Kier alpha value is -1.33. The van der Waals surface area contributed by atoms with E-state index in [9.17, 15) is 9.59 Å². The van der Waals surface area contributed by atoms with Crippen molar-refractivity contribution in [3.63, 3.8) is 0 Å². The molecule has 0 saturated carbocycles. The topological polar surface area (TPSA) is 75.4 Å². The van der Waals surface area contributed by atoms with Crippen LogP contribution in [0.3, 0.4) is 0 Å². The summed E-state index contributed by atoms with van der Waals surface area (Å²) in [5.74, 6) is 4.91. The molecule has 2 rings (SSSR count). The lowest BCUT2D eigenvalue weighted by Gasteiger charge is -2.31. The standard InChI is InChI=1S/C13H18ClN3O2/c14-11-3-1-10(2-4-11)13(19)17-7-5-9(6-8-17)12(18)16-15/h1-3,9,11H,4-8,15H2,(H,16,18). The molecular weight excluding hydrogens is 266 g/mol. The van der Waals surface area contributed by atoms with Crippen molar-refractivity contribution in [1.29, 1.82) is 0 Å². The number of allylic oxidation sites excluding steroid dienone is 2. The fraction of sp³-hybridized carbons (Fsp3) is 0.538. The summed E-state index contributed by atoms with van der Waals surface area (Å²) in [4.78, 5) is 25.4. The van der Waals surface area contributed by atoms with Gasteiger partial charge in [0, 0.05) is 24.6 Å². The van der Waals surface area contributed by atoms with E-state index in [0.29, 0.717) is 37.9 Å². The quantitative estimate of drug-likeness (QED) is 0.339. The molecule has 3 N–H and O–H groups in total. The monoisotopic (exact) mass is 283 g/mol. The number of nitrogens with two attached hydrogens (primary N) is 1. The third kappa shape index (κ3) is 3.36. The van der Waals surface area contributed by atoms with E-state index in [1.807, 2.05) is 12.2 Å². The van der Waals surface area contributed by atoms with Gasteiger partial charge in [-0.3, -0.25) is 15.0 Å². The van der Waals surface area contributed by atoms with Crippen molar-refractivity contribution in [2.75, 3.05) is 13.1 Å². The molecule has 0 aromatic rings. The van der Waals surface area contributed by atoms with Crippen LogP contribution in [0.15, 0.2) is 23.8 Å². The second-order valence-electron chi connectivity index (χ2n) is 4.85. The second kappa shape index (κ2) is 6.21. The van der Waals surface area contributed by atoms with Gasteiger partial charge in [0.05, 0.1) is 5.38 Å². The number of hydrazine groups is 1. The van der Waals surface area contributed by atoms with Gasteiger partial charge in [-0.2, -0.15) is 0 Å². The molecule has 1 saturated heterocycles. The van der Waals surface area contributed by atoms with E-state index in [2.05, 4.69) is 5.43 Å². The van der Waals surface area contributed by atoms with Crippen molar-refractivity contribution in [2.24, 2.45) is 11.8 Å². The largest absolute Gasteiger partial charge is 0.339 e. The number of carbonyl (C=O) groups excluding carboxylic acids is 2. The Morgan fingerprint density at radius 3 is 2.58 bits per heavy atom. The van der Waals surface area contributed by atoms with Gasteiger partial charge in [-0.15, -0.1) is 11.6 Å². The summed E-state index contributed by atoms with van der Waals surface area (Å²) in [7, 11) is 0. The minimum atomic E-state index is -0.145. The highest BCUT2D eigenvalue weighted by Gasteiger charge is 2.28. The zero-order valence-corrected chi connectivity index (χ0v) is 11.4. The van der Waals surface area contributed by atoms with Crippen molar-refractivity contribution >= 4 is 23.4 Å². The molecule has 19 heavy (non-hydrogen) atoms. The molecule has 0 radical (unpaired) electrons. The Morgan fingerprint density at radius 1 is 1.37 bits per heavy atom. The van der Waals surface area contributed by atoms with Crippen LogP contribution < -0.4 is 11.3 Å². The molecule has 0 spiro atoms. The van der Waals surface area contributed by atoms with E-state index in [-0.39, 0.29) is 23.1 Å². The van der Waals surface area contributed by atoms with Crippen LogP contribution in [0.1, 0.15) is 19.3 Å². The molecule has 2 amide bonds. The van der Waals surface area contributed by atoms with Gasteiger partial charge < -0.3 is 4.90 Å². The lowest BCUT2D eigenvalue weighted by Crippen LogP contribution is -2.44. The molecule has 0 aromatic carbocycles. The summed E-state index contributed by atoms with van der Waals surface area (Å²) in [6.45, 7) is 1.18. The van der Waals surface area contributed by atoms with Crippen LogP contribution in [0.5, 0.6) is 0 Å². The number of amides is 2. The van der Waals surface area contributed by atoms with Crippen LogP contribution in [-0.4, -0.2) is 35.2 Å². The molecule has 1 aliphatic heterocycles. The van der Waals surface area contributed by atoms with Gasteiger partial charge in [-0.1, -0.05) is 18.2 Å². The van der Waals surface area contributed by atoms with E-state index < -0.39 is 0 Å². The summed E-state index contributed by atoms with van der Waals surface area (Å²) in [5, 5.41) is -0.0180. The number of nitrogens with one attached hydrogen (secondary N) is 1. The van der Waals surface area contributed by atoms with Gasteiger partial charge in [0.2, 0.25) is 5.91 Å². The summed E-state index contributed by atoms with van der Waals surface area (Å²) in [6.07, 6.45) is 7.49. The van der Waals surface area contributed by atoms with Gasteiger partial charge >= 0.3 is 0 Å². The van der Waals surface area contributed by atoms with E-state index in [1.54, 1.807) is 11.0 Å². The number of halogens is 1. The number of carbonyl (C=O) groups is 2. The van der Waals surface area contributed by atoms with E-state index >= 15 is 0 Å². The number of likely N-dealkylation sites (tertiary alicyclic amines) is 1. The first-order valence-electron chi connectivity index (χ1n) is 6.44. The predicted octanol–water partition coefficient (Wildman–Crippen LogP) is 0.709. The molecule has 0 bridgehead atoms. The Bertz CT molecular complexity index is 426. The Balaban J connectivity index is 1.90. The third-order valence-electron chi connectivity index (χ3n) is 3.59. The summed E-state index contributed by atoms with van der Waals surface area (Å²) in [6, 6.07) is 0. The molecular formula is C13H18ClN3O2.